The van der Waals surface area contributed by atoms with Crippen LogP contribution in [0.3, 0.4) is 0 Å². The van der Waals surface area contributed by atoms with Crippen LogP contribution < -0.4 is 15.0 Å². The van der Waals surface area contributed by atoms with Crippen molar-refractivity contribution in [3.8, 4) is 5.75 Å². The fourth-order valence-electron chi connectivity index (χ4n) is 3.53. The summed E-state index contributed by atoms with van der Waals surface area (Å²) in [4.78, 5) is 16.5. The highest BCUT2D eigenvalue weighted by Gasteiger charge is 2.24. The van der Waals surface area contributed by atoms with Crippen LogP contribution in [-0.2, 0) is 4.79 Å². The van der Waals surface area contributed by atoms with Gasteiger partial charge in [-0.25, -0.2) is 4.39 Å². The van der Waals surface area contributed by atoms with Crippen molar-refractivity contribution in [2.45, 2.75) is 19.3 Å². The van der Waals surface area contributed by atoms with Crippen molar-refractivity contribution >= 4 is 11.6 Å². The van der Waals surface area contributed by atoms with Crippen LogP contribution in [0.4, 0.5) is 10.1 Å². The maximum atomic E-state index is 13.8. The van der Waals surface area contributed by atoms with Gasteiger partial charge in [-0.2, -0.15) is 0 Å². The number of carbonyl (C=O) groups excluding carboxylic acids is 1. The van der Waals surface area contributed by atoms with E-state index in [4.69, 9.17) is 4.74 Å². The summed E-state index contributed by atoms with van der Waals surface area (Å²) < 4.78 is 18.8. The zero-order chi connectivity index (χ0) is 16.9. The summed E-state index contributed by atoms with van der Waals surface area (Å²) in [5.41, 5.74) is 0.846. The summed E-state index contributed by atoms with van der Waals surface area (Å²) in [5, 5.41) is 3.33. The number of anilines is 1. The van der Waals surface area contributed by atoms with E-state index in [-0.39, 0.29) is 17.5 Å². The van der Waals surface area contributed by atoms with Crippen molar-refractivity contribution in [1.82, 2.24) is 10.2 Å². The smallest absolute Gasteiger partial charge is 0.222 e. The van der Waals surface area contributed by atoms with Crippen LogP contribution in [-0.4, -0.2) is 57.2 Å². The molecule has 0 atom stereocenters. The van der Waals surface area contributed by atoms with Gasteiger partial charge >= 0.3 is 0 Å². The van der Waals surface area contributed by atoms with Crippen LogP contribution in [0, 0.1) is 11.7 Å². The van der Waals surface area contributed by atoms with Crippen molar-refractivity contribution < 1.29 is 13.9 Å². The van der Waals surface area contributed by atoms with Crippen LogP contribution in [0.2, 0.25) is 0 Å². The monoisotopic (exact) mass is 335 g/mol. The van der Waals surface area contributed by atoms with E-state index in [0.29, 0.717) is 25.4 Å². The molecule has 0 saturated carbocycles. The van der Waals surface area contributed by atoms with Crippen LogP contribution >= 0.6 is 0 Å². The minimum atomic E-state index is -0.348. The molecule has 0 radical (unpaired) electrons. The van der Waals surface area contributed by atoms with Gasteiger partial charge < -0.3 is 19.9 Å². The molecule has 3 rings (SSSR count). The number of hydrogen-bond donors (Lipinski definition) is 1. The van der Waals surface area contributed by atoms with Crippen molar-refractivity contribution in [2.75, 3.05) is 51.3 Å². The molecule has 24 heavy (non-hydrogen) atoms. The van der Waals surface area contributed by atoms with Gasteiger partial charge in [0.1, 0.15) is 0 Å². The van der Waals surface area contributed by atoms with Crippen molar-refractivity contribution in [2.24, 2.45) is 5.92 Å². The van der Waals surface area contributed by atoms with Gasteiger partial charge in [-0.05, 0) is 44.0 Å². The Balaban J connectivity index is 1.51. The topological polar surface area (TPSA) is 44.8 Å². The number of hydrogen-bond acceptors (Lipinski definition) is 4. The van der Waals surface area contributed by atoms with Gasteiger partial charge in [0.15, 0.2) is 11.6 Å². The maximum Gasteiger partial charge on any atom is 0.222 e. The Bertz CT molecular complexity index is 567. The number of piperazine rings is 1. The Morgan fingerprint density at radius 1 is 1.25 bits per heavy atom. The summed E-state index contributed by atoms with van der Waals surface area (Å²) in [6, 6.07) is 5.03. The number of carbonyl (C=O) groups is 1. The maximum absolute atomic E-state index is 13.8. The summed E-state index contributed by atoms with van der Waals surface area (Å²) in [6.07, 6.45) is 2.85. The lowest BCUT2D eigenvalue weighted by Gasteiger charge is -2.37. The lowest BCUT2D eigenvalue weighted by molar-refractivity contribution is -0.132. The Kier molecular flexibility index (Phi) is 5.56. The molecule has 1 aromatic carbocycles. The number of benzene rings is 1. The second-order valence-corrected chi connectivity index (χ2v) is 6.58. The Morgan fingerprint density at radius 3 is 2.58 bits per heavy atom. The van der Waals surface area contributed by atoms with Crippen LogP contribution in [0.5, 0.6) is 5.75 Å². The first-order valence-electron chi connectivity index (χ1n) is 8.74. The van der Waals surface area contributed by atoms with Gasteiger partial charge in [-0.15, -0.1) is 0 Å². The highest BCUT2D eigenvalue weighted by molar-refractivity contribution is 5.76. The molecule has 2 fully saturated rings. The third-order valence-electron chi connectivity index (χ3n) is 5.05. The first-order chi connectivity index (χ1) is 11.7. The summed E-state index contributed by atoms with van der Waals surface area (Å²) in [5.74, 6) is 0.698. The van der Waals surface area contributed by atoms with Gasteiger partial charge in [-0.1, -0.05) is 0 Å². The van der Waals surface area contributed by atoms with Gasteiger partial charge in [0.25, 0.3) is 0 Å². The highest BCUT2D eigenvalue weighted by Crippen LogP contribution is 2.25. The average molecular weight is 335 g/mol. The number of nitrogens with one attached hydrogen (secondary N) is 1. The normalized spacial score (nSPS) is 19.4. The predicted molar refractivity (Wildman–Crippen MR) is 92.0 cm³/mol. The lowest BCUT2D eigenvalue weighted by Crippen LogP contribution is -2.49. The molecule has 2 heterocycles. The molecule has 0 unspecified atom stereocenters. The van der Waals surface area contributed by atoms with Gasteiger partial charge in [0.05, 0.1) is 7.11 Å². The summed E-state index contributed by atoms with van der Waals surface area (Å²) >= 11 is 0. The van der Waals surface area contributed by atoms with Crippen molar-refractivity contribution in [1.29, 1.82) is 0 Å². The number of ether oxygens (including phenoxy) is 1. The Hall–Kier alpha value is -1.82. The third kappa shape index (κ3) is 3.98. The van der Waals surface area contributed by atoms with E-state index in [1.54, 1.807) is 6.07 Å². The molecule has 0 aliphatic carbocycles. The molecule has 0 aromatic heterocycles. The molecular formula is C18H26FN3O2. The quantitative estimate of drug-likeness (QED) is 0.912. The van der Waals surface area contributed by atoms with Crippen LogP contribution in [0.25, 0.3) is 0 Å². The predicted octanol–water partition coefficient (Wildman–Crippen LogP) is 1.87. The Labute approximate surface area is 142 Å². The molecule has 2 aliphatic rings. The lowest BCUT2D eigenvalue weighted by atomic mass is 9.94. The summed E-state index contributed by atoms with van der Waals surface area (Å²) in [7, 11) is 1.46. The molecule has 1 aromatic rings. The van der Waals surface area contributed by atoms with E-state index in [9.17, 15) is 9.18 Å². The second kappa shape index (κ2) is 7.83. The zero-order valence-corrected chi connectivity index (χ0v) is 14.3. The van der Waals surface area contributed by atoms with E-state index in [0.717, 1.165) is 44.7 Å². The van der Waals surface area contributed by atoms with E-state index in [1.807, 2.05) is 11.0 Å². The molecular weight excluding hydrogens is 309 g/mol. The number of rotatable bonds is 4. The van der Waals surface area contributed by atoms with Gasteiger partial charge in [-0.3, -0.25) is 4.79 Å². The van der Waals surface area contributed by atoms with E-state index in [1.165, 1.54) is 13.2 Å². The molecule has 0 bridgehead atoms. The molecule has 132 valence electrons. The van der Waals surface area contributed by atoms with Crippen LogP contribution in [0.15, 0.2) is 18.2 Å². The van der Waals surface area contributed by atoms with Crippen molar-refractivity contribution in [3.05, 3.63) is 24.0 Å². The largest absolute Gasteiger partial charge is 0.494 e. The van der Waals surface area contributed by atoms with E-state index in [2.05, 4.69) is 10.2 Å². The Morgan fingerprint density at radius 2 is 1.96 bits per heavy atom. The first-order valence-corrected chi connectivity index (χ1v) is 8.74. The molecule has 5 nitrogen and oxygen atoms in total. The number of methoxy groups -OCH3 is 1. The van der Waals surface area contributed by atoms with Gasteiger partial charge in [0, 0.05) is 44.4 Å². The number of nitrogens with zero attached hydrogens (tertiary/aromatic N) is 2. The second-order valence-electron chi connectivity index (χ2n) is 6.58. The van der Waals surface area contributed by atoms with Crippen molar-refractivity contribution in [3.63, 3.8) is 0 Å². The SMILES string of the molecule is COc1ccc(N2CCN(C(=O)CC3CCNCC3)CC2)cc1F. The molecule has 0 spiro atoms. The fraction of sp³-hybridized carbons (Fsp3) is 0.611. The minimum Gasteiger partial charge on any atom is -0.494 e. The molecule has 2 saturated heterocycles. The van der Waals surface area contributed by atoms with E-state index >= 15 is 0 Å². The number of amides is 1. The molecule has 1 N–H and O–H groups in total. The number of piperidine rings is 1. The number of halogens is 1. The molecule has 1 amide bonds. The first kappa shape index (κ1) is 17.0. The minimum absolute atomic E-state index is 0.259. The fourth-order valence-corrected chi connectivity index (χ4v) is 3.53. The standard InChI is InChI=1S/C18H26FN3O2/c1-24-17-3-2-15(13-16(17)19)21-8-10-22(11-9-21)18(23)12-14-4-6-20-7-5-14/h2-3,13-14,20H,4-12H2,1H3. The van der Waals surface area contributed by atoms with Gasteiger partial charge in [0.2, 0.25) is 5.91 Å². The highest BCUT2D eigenvalue weighted by atomic mass is 19.1. The molecule has 6 heteroatoms. The summed E-state index contributed by atoms with van der Waals surface area (Å²) in [6.45, 7) is 4.94. The third-order valence-corrected chi connectivity index (χ3v) is 5.05. The zero-order valence-electron chi connectivity index (χ0n) is 14.3. The van der Waals surface area contributed by atoms with E-state index < -0.39 is 0 Å². The molecule has 2 aliphatic heterocycles. The van der Waals surface area contributed by atoms with Crippen LogP contribution in [0.1, 0.15) is 19.3 Å². The average Bonchev–Trinajstić information content (AvgIpc) is 2.62.